The zero-order valence-electron chi connectivity index (χ0n) is 13.5. The Kier molecular flexibility index (Phi) is 4.83. The summed E-state index contributed by atoms with van der Waals surface area (Å²) in [6.45, 7) is 1.96. The maximum absolute atomic E-state index is 13.1. The number of thiophene rings is 1. The van der Waals surface area contributed by atoms with Crippen molar-refractivity contribution in [3.05, 3.63) is 52.2 Å². The van der Waals surface area contributed by atoms with Crippen molar-refractivity contribution in [2.45, 2.75) is 50.5 Å². The predicted molar refractivity (Wildman–Crippen MR) is 96.8 cm³/mol. The van der Waals surface area contributed by atoms with Crippen LogP contribution in [0.15, 0.2) is 41.8 Å². The lowest BCUT2D eigenvalue weighted by Gasteiger charge is -2.35. The van der Waals surface area contributed by atoms with Crippen LogP contribution in [-0.2, 0) is 10.2 Å². The summed E-state index contributed by atoms with van der Waals surface area (Å²) in [5, 5.41) is 5.20. The molecule has 1 aromatic heterocycles. The number of anilines is 1. The molecule has 1 atom stereocenters. The van der Waals surface area contributed by atoms with Gasteiger partial charge in [-0.2, -0.15) is 0 Å². The molecule has 3 rings (SSSR count). The zero-order chi connectivity index (χ0) is 16.3. The second-order valence-corrected chi connectivity index (χ2v) is 7.43. The molecule has 0 saturated heterocycles. The summed E-state index contributed by atoms with van der Waals surface area (Å²) in [7, 11) is 0. The van der Waals surface area contributed by atoms with Gasteiger partial charge in [-0.1, -0.05) is 37.5 Å². The zero-order valence-corrected chi connectivity index (χ0v) is 14.4. The Labute approximate surface area is 141 Å². The number of hydrogen-bond acceptors (Lipinski definition) is 3. The molecule has 3 nitrogen and oxygen atoms in total. The fraction of sp³-hybridized carbons (Fsp3) is 0.421. The molecule has 0 spiro atoms. The first-order valence-electron chi connectivity index (χ1n) is 8.33. The van der Waals surface area contributed by atoms with Crippen molar-refractivity contribution >= 4 is 22.9 Å². The molecule has 1 fully saturated rings. The van der Waals surface area contributed by atoms with E-state index >= 15 is 0 Å². The van der Waals surface area contributed by atoms with Crippen molar-refractivity contribution in [1.29, 1.82) is 0 Å². The Morgan fingerprint density at radius 3 is 2.43 bits per heavy atom. The fourth-order valence-corrected chi connectivity index (χ4v) is 4.40. The molecule has 3 N–H and O–H groups in total. The van der Waals surface area contributed by atoms with Gasteiger partial charge in [0.15, 0.2) is 0 Å². The molecule has 4 heteroatoms. The summed E-state index contributed by atoms with van der Waals surface area (Å²) in [6, 6.07) is 12.0. The number of benzene rings is 1. The van der Waals surface area contributed by atoms with E-state index in [1.54, 1.807) is 11.3 Å². The van der Waals surface area contributed by atoms with Gasteiger partial charge < -0.3 is 11.1 Å². The summed E-state index contributed by atoms with van der Waals surface area (Å²) < 4.78 is 0. The van der Waals surface area contributed by atoms with Gasteiger partial charge in [-0.3, -0.25) is 4.79 Å². The standard InChI is InChI=1S/C19H24N2OS/c1-14(20)15-7-9-16(10-8-15)21-18(22)19(11-3-2-4-12-19)17-6-5-13-23-17/h5-10,13-14H,2-4,11-12,20H2,1H3,(H,21,22). The van der Waals surface area contributed by atoms with E-state index in [9.17, 15) is 4.79 Å². The van der Waals surface area contributed by atoms with Crippen LogP contribution in [0.25, 0.3) is 0 Å². The molecule has 1 aromatic carbocycles. The first-order valence-corrected chi connectivity index (χ1v) is 9.21. The Balaban J connectivity index is 1.81. The van der Waals surface area contributed by atoms with Gasteiger partial charge in [0, 0.05) is 16.6 Å². The van der Waals surface area contributed by atoms with E-state index in [1.807, 2.05) is 37.3 Å². The monoisotopic (exact) mass is 328 g/mol. The average Bonchev–Trinajstić information content (AvgIpc) is 3.11. The van der Waals surface area contributed by atoms with Crippen molar-refractivity contribution < 1.29 is 4.79 Å². The second-order valence-electron chi connectivity index (χ2n) is 6.48. The number of nitrogens with two attached hydrogens (primary N) is 1. The SMILES string of the molecule is CC(N)c1ccc(NC(=O)C2(c3cccs3)CCCCC2)cc1. The molecular formula is C19H24N2OS. The van der Waals surface area contributed by atoms with E-state index in [1.165, 1.54) is 11.3 Å². The third kappa shape index (κ3) is 3.33. The molecule has 0 aliphatic heterocycles. The van der Waals surface area contributed by atoms with Crippen LogP contribution in [0.4, 0.5) is 5.69 Å². The van der Waals surface area contributed by atoms with Gasteiger partial charge in [-0.05, 0) is 48.9 Å². The lowest BCUT2D eigenvalue weighted by atomic mass is 9.72. The van der Waals surface area contributed by atoms with Crippen LogP contribution < -0.4 is 11.1 Å². The minimum absolute atomic E-state index is 0.00977. The molecule has 1 aliphatic rings. The number of rotatable bonds is 4. The summed E-state index contributed by atoms with van der Waals surface area (Å²) in [4.78, 5) is 14.3. The Morgan fingerprint density at radius 2 is 1.87 bits per heavy atom. The van der Waals surface area contributed by atoms with Crippen LogP contribution >= 0.6 is 11.3 Å². The Bertz CT molecular complexity index is 641. The molecule has 1 amide bonds. The quantitative estimate of drug-likeness (QED) is 0.861. The van der Waals surface area contributed by atoms with Crippen molar-refractivity contribution in [3.8, 4) is 0 Å². The highest BCUT2D eigenvalue weighted by molar-refractivity contribution is 7.10. The second kappa shape index (κ2) is 6.85. The highest BCUT2D eigenvalue weighted by Gasteiger charge is 2.41. The summed E-state index contributed by atoms with van der Waals surface area (Å²) in [6.07, 6.45) is 5.35. The maximum atomic E-state index is 13.1. The van der Waals surface area contributed by atoms with Crippen LogP contribution in [0.2, 0.25) is 0 Å². The van der Waals surface area contributed by atoms with Crippen molar-refractivity contribution in [1.82, 2.24) is 0 Å². The maximum Gasteiger partial charge on any atom is 0.235 e. The van der Waals surface area contributed by atoms with Crippen molar-refractivity contribution in [2.75, 3.05) is 5.32 Å². The van der Waals surface area contributed by atoms with Gasteiger partial charge in [0.1, 0.15) is 0 Å². The van der Waals surface area contributed by atoms with E-state index < -0.39 is 0 Å². The van der Waals surface area contributed by atoms with E-state index in [0.29, 0.717) is 0 Å². The van der Waals surface area contributed by atoms with Gasteiger partial charge >= 0.3 is 0 Å². The van der Waals surface area contributed by atoms with Crippen LogP contribution in [-0.4, -0.2) is 5.91 Å². The first kappa shape index (κ1) is 16.2. The van der Waals surface area contributed by atoms with Gasteiger partial charge in [-0.25, -0.2) is 0 Å². The Hall–Kier alpha value is -1.65. The summed E-state index contributed by atoms with van der Waals surface area (Å²) in [5.74, 6) is 0.133. The molecule has 0 bridgehead atoms. The highest BCUT2D eigenvalue weighted by Crippen LogP contribution is 2.42. The molecular weight excluding hydrogens is 304 g/mol. The van der Waals surface area contributed by atoms with Crippen LogP contribution in [0.5, 0.6) is 0 Å². The average molecular weight is 328 g/mol. The summed E-state index contributed by atoms with van der Waals surface area (Å²) in [5.41, 5.74) is 7.45. The number of nitrogens with one attached hydrogen (secondary N) is 1. The molecule has 0 radical (unpaired) electrons. The fourth-order valence-electron chi connectivity index (χ4n) is 3.41. The molecule has 1 heterocycles. The van der Waals surface area contributed by atoms with Crippen LogP contribution in [0, 0.1) is 0 Å². The van der Waals surface area contributed by atoms with Crippen molar-refractivity contribution in [2.24, 2.45) is 5.73 Å². The topological polar surface area (TPSA) is 55.1 Å². The lowest BCUT2D eigenvalue weighted by Crippen LogP contribution is -2.41. The highest BCUT2D eigenvalue weighted by atomic mass is 32.1. The number of carbonyl (C=O) groups excluding carboxylic acids is 1. The normalized spacial score (nSPS) is 18.3. The number of carbonyl (C=O) groups is 1. The molecule has 23 heavy (non-hydrogen) atoms. The minimum atomic E-state index is -0.355. The summed E-state index contributed by atoms with van der Waals surface area (Å²) >= 11 is 1.70. The van der Waals surface area contributed by atoms with E-state index in [4.69, 9.17) is 5.73 Å². The molecule has 2 aromatic rings. The van der Waals surface area contributed by atoms with Gasteiger partial charge in [-0.15, -0.1) is 11.3 Å². The smallest absolute Gasteiger partial charge is 0.235 e. The van der Waals surface area contributed by atoms with Gasteiger partial charge in [0.05, 0.1) is 5.41 Å². The number of hydrogen-bond donors (Lipinski definition) is 2. The Morgan fingerprint density at radius 1 is 1.17 bits per heavy atom. The van der Waals surface area contributed by atoms with Gasteiger partial charge in [0.2, 0.25) is 5.91 Å². The largest absolute Gasteiger partial charge is 0.325 e. The van der Waals surface area contributed by atoms with E-state index in [2.05, 4.69) is 16.8 Å². The minimum Gasteiger partial charge on any atom is -0.325 e. The predicted octanol–water partition coefficient (Wildman–Crippen LogP) is 4.61. The van der Waals surface area contributed by atoms with Gasteiger partial charge in [0.25, 0.3) is 0 Å². The first-order chi connectivity index (χ1) is 11.1. The molecule has 1 aliphatic carbocycles. The van der Waals surface area contributed by atoms with Crippen LogP contribution in [0.3, 0.4) is 0 Å². The third-order valence-corrected chi connectivity index (χ3v) is 5.90. The van der Waals surface area contributed by atoms with Crippen LogP contribution in [0.1, 0.15) is 55.5 Å². The van der Waals surface area contributed by atoms with E-state index in [-0.39, 0.29) is 17.4 Å². The lowest BCUT2D eigenvalue weighted by molar-refractivity contribution is -0.122. The number of amides is 1. The molecule has 1 saturated carbocycles. The van der Waals surface area contributed by atoms with E-state index in [0.717, 1.165) is 36.9 Å². The third-order valence-electron chi connectivity index (χ3n) is 4.83. The van der Waals surface area contributed by atoms with Crippen molar-refractivity contribution in [3.63, 3.8) is 0 Å². The molecule has 1 unspecified atom stereocenters. The molecule has 122 valence electrons.